The Kier molecular flexibility index (Phi) is 7.71. The molecule has 1 aromatic carbocycles. The molecule has 1 aromatic rings. The summed E-state index contributed by atoms with van der Waals surface area (Å²) in [5.41, 5.74) is 1.23. The van der Waals surface area contributed by atoms with Gasteiger partial charge in [0.1, 0.15) is 15.6 Å². The quantitative estimate of drug-likeness (QED) is 0.516. The van der Waals surface area contributed by atoms with Crippen molar-refractivity contribution in [3.05, 3.63) is 29.8 Å². The van der Waals surface area contributed by atoms with Gasteiger partial charge in [0, 0.05) is 26.4 Å². The molecule has 1 aliphatic heterocycles. The largest absolute Gasteiger partial charge is 0.497 e. The number of sulfone groups is 1. The molecule has 8 heteroatoms. The van der Waals surface area contributed by atoms with Crippen LogP contribution in [0.15, 0.2) is 29.3 Å². The fourth-order valence-electron chi connectivity index (χ4n) is 3.11. The van der Waals surface area contributed by atoms with Gasteiger partial charge in [-0.15, -0.1) is 0 Å². The minimum atomic E-state index is -2.99. The van der Waals surface area contributed by atoms with Crippen LogP contribution in [0.25, 0.3) is 0 Å². The molecule has 0 amide bonds. The highest BCUT2D eigenvalue weighted by atomic mass is 32.2. The number of hydrogen-bond acceptors (Lipinski definition) is 5. The second-order valence-corrected chi connectivity index (χ2v) is 8.80. The average Bonchev–Trinajstić information content (AvgIpc) is 3.14. The van der Waals surface area contributed by atoms with Gasteiger partial charge in [-0.2, -0.15) is 0 Å². The van der Waals surface area contributed by atoms with Crippen LogP contribution in [0.1, 0.15) is 24.4 Å². The molecule has 0 bridgehead atoms. The van der Waals surface area contributed by atoms with Gasteiger partial charge < -0.3 is 15.4 Å². The van der Waals surface area contributed by atoms with Crippen LogP contribution >= 0.6 is 0 Å². The summed E-state index contributed by atoms with van der Waals surface area (Å²) >= 11 is 0. The van der Waals surface area contributed by atoms with E-state index in [1.54, 1.807) is 14.2 Å². The molecule has 0 spiro atoms. The predicted octanol–water partition coefficient (Wildman–Crippen LogP) is 1.04. The number of ether oxygens (including phenoxy) is 1. The fraction of sp³-hybridized carbons (Fsp3) is 0.611. The van der Waals surface area contributed by atoms with E-state index in [-0.39, 0.29) is 11.8 Å². The van der Waals surface area contributed by atoms with E-state index in [1.165, 1.54) is 24.7 Å². The standard InChI is InChI=1S/C18H30N4O3S/c1-19-18(20-10-13-26(3,23)24)21-14-17(22-11-4-5-12-22)15-6-8-16(25-2)9-7-15/h6-9,17H,4-5,10-14H2,1-3H3,(H2,19,20,21). The van der Waals surface area contributed by atoms with Crippen LogP contribution in [0, 0.1) is 0 Å². The summed E-state index contributed by atoms with van der Waals surface area (Å²) in [6.07, 6.45) is 3.67. The number of rotatable bonds is 8. The van der Waals surface area contributed by atoms with Gasteiger partial charge in [0.15, 0.2) is 5.96 Å². The second-order valence-electron chi connectivity index (χ2n) is 6.54. The SMILES string of the molecule is CN=C(NCCS(C)(=O)=O)NCC(c1ccc(OC)cc1)N1CCCC1. The van der Waals surface area contributed by atoms with E-state index < -0.39 is 9.84 Å². The van der Waals surface area contributed by atoms with E-state index in [4.69, 9.17) is 4.74 Å². The molecule has 1 fully saturated rings. The second kappa shape index (κ2) is 9.78. The maximum Gasteiger partial charge on any atom is 0.191 e. The first-order valence-corrected chi connectivity index (χ1v) is 11.0. The first-order valence-electron chi connectivity index (χ1n) is 8.93. The molecular weight excluding hydrogens is 352 g/mol. The van der Waals surface area contributed by atoms with Crippen LogP contribution in [0.2, 0.25) is 0 Å². The van der Waals surface area contributed by atoms with E-state index in [0.717, 1.165) is 18.8 Å². The Hall–Kier alpha value is -1.80. The lowest BCUT2D eigenvalue weighted by Crippen LogP contribution is -2.43. The van der Waals surface area contributed by atoms with E-state index in [0.29, 0.717) is 19.0 Å². The zero-order chi connectivity index (χ0) is 19.0. The lowest BCUT2D eigenvalue weighted by atomic mass is 10.1. The maximum atomic E-state index is 11.3. The normalized spacial score (nSPS) is 17.1. The summed E-state index contributed by atoms with van der Waals surface area (Å²) in [7, 11) is 0.368. The van der Waals surface area contributed by atoms with E-state index >= 15 is 0 Å². The summed E-state index contributed by atoms with van der Waals surface area (Å²) in [4.78, 5) is 6.66. The van der Waals surface area contributed by atoms with Gasteiger partial charge in [-0.25, -0.2) is 8.42 Å². The number of guanidine groups is 1. The summed E-state index contributed by atoms with van der Waals surface area (Å²) in [6, 6.07) is 8.40. The van der Waals surface area contributed by atoms with Crippen LogP contribution in [0.3, 0.4) is 0 Å². The third-order valence-corrected chi connectivity index (χ3v) is 5.48. The number of nitrogens with one attached hydrogen (secondary N) is 2. The monoisotopic (exact) mass is 382 g/mol. The Morgan fingerprint density at radius 2 is 1.88 bits per heavy atom. The maximum absolute atomic E-state index is 11.3. The highest BCUT2D eigenvalue weighted by molar-refractivity contribution is 7.90. The van der Waals surface area contributed by atoms with Crippen molar-refractivity contribution in [1.82, 2.24) is 15.5 Å². The van der Waals surface area contributed by atoms with Crippen molar-refractivity contribution in [2.24, 2.45) is 4.99 Å². The van der Waals surface area contributed by atoms with Crippen molar-refractivity contribution in [2.45, 2.75) is 18.9 Å². The molecule has 1 atom stereocenters. The molecule has 0 aromatic heterocycles. The Morgan fingerprint density at radius 3 is 2.42 bits per heavy atom. The van der Waals surface area contributed by atoms with E-state index in [9.17, 15) is 8.42 Å². The van der Waals surface area contributed by atoms with Crippen LogP contribution in [-0.2, 0) is 9.84 Å². The molecule has 1 aliphatic rings. The molecule has 0 saturated carbocycles. The number of benzene rings is 1. The molecule has 0 aliphatic carbocycles. The summed E-state index contributed by atoms with van der Waals surface area (Å²) in [6.45, 7) is 3.21. The Labute approximate surface area is 156 Å². The van der Waals surface area contributed by atoms with E-state index in [1.807, 2.05) is 12.1 Å². The van der Waals surface area contributed by atoms with Crippen molar-refractivity contribution >= 4 is 15.8 Å². The number of methoxy groups -OCH3 is 1. The number of hydrogen-bond donors (Lipinski definition) is 2. The molecule has 1 saturated heterocycles. The highest BCUT2D eigenvalue weighted by Gasteiger charge is 2.23. The average molecular weight is 383 g/mol. The molecule has 146 valence electrons. The lowest BCUT2D eigenvalue weighted by molar-refractivity contribution is 0.245. The van der Waals surface area contributed by atoms with Crippen LogP contribution in [-0.4, -0.2) is 71.6 Å². The van der Waals surface area contributed by atoms with Gasteiger partial charge in [0.05, 0.1) is 18.9 Å². The van der Waals surface area contributed by atoms with Gasteiger partial charge in [-0.1, -0.05) is 12.1 Å². The molecule has 7 nitrogen and oxygen atoms in total. The first-order chi connectivity index (χ1) is 12.4. The van der Waals surface area contributed by atoms with Crippen LogP contribution < -0.4 is 15.4 Å². The van der Waals surface area contributed by atoms with Crippen molar-refractivity contribution in [3.63, 3.8) is 0 Å². The molecular formula is C18H30N4O3S. The molecule has 26 heavy (non-hydrogen) atoms. The predicted molar refractivity (Wildman–Crippen MR) is 106 cm³/mol. The highest BCUT2D eigenvalue weighted by Crippen LogP contribution is 2.26. The number of nitrogens with zero attached hydrogens (tertiary/aromatic N) is 2. The Morgan fingerprint density at radius 1 is 1.23 bits per heavy atom. The Bertz CT molecular complexity index is 683. The summed E-state index contributed by atoms with van der Waals surface area (Å²) in [5, 5.41) is 6.39. The van der Waals surface area contributed by atoms with Crippen LogP contribution in [0.5, 0.6) is 5.75 Å². The fourth-order valence-corrected chi connectivity index (χ4v) is 3.58. The topological polar surface area (TPSA) is 83.0 Å². The van der Waals surface area contributed by atoms with Gasteiger partial charge in [0.2, 0.25) is 0 Å². The molecule has 2 N–H and O–H groups in total. The lowest BCUT2D eigenvalue weighted by Gasteiger charge is -2.29. The van der Waals surface area contributed by atoms with Crippen molar-refractivity contribution in [2.75, 3.05) is 52.3 Å². The zero-order valence-electron chi connectivity index (χ0n) is 15.9. The minimum absolute atomic E-state index is 0.0851. The van der Waals surface area contributed by atoms with Crippen molar-refractivity contribution in [1.29, 1.82) is 0 Å². The van der Waals surface area contributed by atoms with Gasteiger partial charge in [-0.05, 0) is 43.6 Å². The molecule has 0 radical (unpaired) electrons. The van der Waals surface area contributed by atoms with E-state index in [2.05, 4.69) is 32.7 Å². The van der Waals surface area contributed by atoms with Crippen LogP contribution in [0.4, 0.5) is 0 Å². The number of aliphatic imine (C=N–C) groups is 1. The van der Waals surface area contributed by atoms with Crippen molar-refractivity contribution in [3.8, 4) is 5.75 Å². The van der Waals surface area contributed by atoms with Gasteiger partial charge >= 0.3 is 0 Å². The zero-order valence-corrected chi connectivity index (χ0v) is 16.7. The molecule has 2 rings (SSSR count). The Balaban J connectivity index is 1.99. The minimum Gasteiger partial charge on any atom is -0.497 e. The van der Waals surface area contributed by atoms with Gasteiger partial charge in [0.25, 0.3) is 0 Å². The third-order valence-electron chi connectivity index (χ3n) is 4.53. The van der Waals surface area contributed by atoms with Crippen molar-refractivity contribution < 1.29 is 13.2 Å². The summed E-state index contributed by atoms with van der Waals surface area (Å²) in [5.74, 6) is 1.55. The number of likely N-dealkylation sites (tertiary alicyclic amines) is 1. The molecule has 1 unspecified atom stereocenters. The van der Waals surface area contributed by atoms with Gasteiger partial charge in [-0.3, -0.25) is 9.89 Å². The third kappa shape index (κ3) is 6.49. The molecule has 1 heterocycles. The smallest absolute Gasteiger partial charge is 0.191 e. The summed E-state index contributed by atoms with van der Waals surface area (Å²) < 4.78 is 27.8. The first kappa shape index (κ1) is 20.5.